The van der Waals surface area contributed by atoms with Crippen LogP contribution < -0.4 is 10.2 Å². The Hall–Kier alpha value is -2.20. The number of halogens is 1. The number of hydrogen-bond donors (Lipinski definition) is 1. The lowest BCUT2D eigenvalue weighted by Gasteiger charge is -2.31. The van der Waals surface area contributed by atoms with Gasteiger partial charge in [-0.2, -0.15) is 0 Å². The number of anilines is 1. The minimum atomic E-state index is -3.55. The fourth-order valence-electron chi connectivity index (χ4n) is 3.98. The van der Waals surface area contributed by atoms with Crippen molar-refractivity contribution in [2.75, 3.05) is 18.4 Å². The number of carbonyl (C=O) groups is 1. The number of hydrogen-bond acceptors (Lipinski definition) is 5. The van der Waals surface area contributed by atoms with Crippen LogP contribution >= 0.6 is 22.9 Å². The number of benzene rings is 2. The lowest BCUT2D eigenvalue weighted by atomic mass is 9.98. The highest BCUT2D eigenvalue weighted by Gasteiger charge is 2.32. The number of amides is 1. The maximum atomic E-state index is 12.9. The average molecular weight is 494 g/mol. The van der Waals surface area contributed by atoms with Crippen LogP contribution in [0.4, 0.5) is 5.69 Å². The molecule has 32 heavy (non-hydrogen) atoms. The number of sulfonamides is 1. The van der Waals surface area contributed by atoms with E-state index in [1.165, 1.54) is 4.31 Å². The predicted octanol–water partition coefficient (Wildman–Crippen LogP) is 3.92. The molecule has 0 saturated carbocycles. The third kappa shape index (κ3) is 4.91. The highest BCUT2D eigenvalue weighted by molar-refractivity contribution is 7.88. The number of piperidine rings is 1. The molecule has 0 aliphatic carbocycles. The van der Waals surface area contributed by atoms with Crippen LogP contribution in [0.2, 0.25) is 5.02 Å². The number of rotatable bonds is 6. The first-order valence-corrected chi connectivity index (χ1v) is 13.2. The summed E-state index contributed by atoms with van der Waals surface area (Å²) in [5.74, 6) is -0.765. The van der Waals surface area contributed by atoms with Gasteiger partial charge in [0.05, 0.1) is 21.9 Å². The van der Waals surface area contributed by atoms with E-state index in [0.29, 0.717) is 42.2 Å². The van der Waals surface area contributed by atoms with E-state index >= 15 is 0 Å². The van der Waals surface area contributed by atoms with Gasteiger partial charge in [-0.25, -0.2) is 12.7 Å². The number of aromatic nitrogens is 1. The molecule has 4 rings (SSSR count). The van der Waals surface area contributed by atoms with Crippen molar-refractivity contribution in [3.63, 3.8) is 0 Å². The fourth-order valence-corrected chi connectivity index (χ4v) is 6.71. The number of thiazole rings is 1. The van der Waals surface area contributed by atoms with Crippen LogP contribution in [0, 0.1) is 5.92 Å². The molecular weight excluding hydrogens is 470 g/mol. The molecule has 10 heteroatoms. The van der Waals surface area contributed by atoms with E-state index in [2.05, 4.69) is 5.32 Å². The van der Waals surface area contributed by atoms with Crippen LogP contribution in [-0.2, 0) is 27.1 Å². The first-order chi connectivity index (χ1) is 15.3. The SMILES string of the molecule is CCn1c(=O)sc2cc(NC(=O)C3CCCN(S(=O)(=O)Cc4ccc(Cl)cc4)C3)ccc21. The molecule has 1 aliphatic heterocycles. The van der Waals surface area contributed by atoms with E-state index in [1.807, 2.05) is 13.0 Å². The van der Waals surface area contributed by atoms with Crippen LogP contribution in [0.1, 0.15) is 25.3 Å². The minimum absolute atomic E-state index is 0.0280. The standard InChI is InChI=1S/C22H24ClN3O4S2/c1-2-26-19-10-9-18(12-20(19)31-22(26)28)24-21(27)16-4-3-11-25(13-16)32(29,30)14-15-5-7-17(23)8-6-15/h5-10,12,16H,2-4,11,13-14H2,1H3,(H,24,27). The molecule has 0 bridgehead atoms. The Balaban J connectivity index is 1.44. The average Bonchev–Trinajstić information content (AvgIpc) is 3.09. The van der Waals surface area contributed by atoms with Gasteiger partial charge in [-0.1, -0.05) is 35.1 Å². The molecule has 2 heterocycles. The van der Waals surface area contributed by atoms with Crippen LogP contribution in [0.3, 0.4) is 0 Å². The third-order valence-corrected chi connectivity index (χ3v) is 8.67. The van der Waals surface area contributed by atoms with Gasteiger partial charge in [-0.05, 0) is 55.7 Å². The summed E-state index contributed by atoms with van der Waals surface area (Å²) in [5.41, 5.74) is 2.11. The van der Waals surface area contributed by atoms with E-state index in [1.54, 1.807) is 41.0 Å². The first kappa shape index (κ1) is 23.0. The lowest BCUT2D eigenvalue weighted by Crippen LogP contribution is -2.44. The smallest absolute Gasteiger partial charge is 0.308 e. The Labute approximate surface area is 195 Å². The van der Waals surface area contributed by atoms with Crippen molar-refractivity contribution >= 4 is 54.8 Å². The highest BCUT2D eigenvalue weighted by Crippen LogP contribution is 2.25. The van der Waals surface area contributed by atoms with Gasteiger partial charge in [0.1, 0.15) is 0 Å². The molecule has 1 saturated heterocycles. The molecule has 0 radical (unpaired) electrons. The minimum Gasteiger partial charge on any atom is -0.326 e. The predicted molar refractivity (Wildman–Crippen MR) is 129 cm³/mol. The van der Waals surface area contributed by atoms with E-state index in [4.69, 9.17) is 11.6 Å². The van der Waals surface area contributed by atoms with Gasteiger partial charge in [-0.15, -0.1) is 0 Å². The molecule has 1 aliphatic rings. The van der Waals surface area contributed by atoms with Gasteiger partial charge in [0.15, 0.2) is 0 Å². The van der Waals surface area contributed by atoms with Crippen molar-refractivity contribution in [3.05, 3.63) is 62.7 Å². The van der Waals surface area contributed by atoms with Crippen LogP contribution in [0.15, 0.2) is 47.3 Å². The van der Waals surface area contributed by atoms with Crippen LogP contribution in [0.25, 0.3) is 10.2 Å². The fraction of sp³-hybridized carbons (Fsp3) is 0.364. The summed E-state index contributed by atoms with van der Waals surface area (Å²) in [6.07, 6.45) is 1.25. The molecular formula is C22H24ClN3O4S2. The normalized spacial score (nSPS) is 17.5. The van der Waals surface area contributed by atoms with Gasteiger partial charge >= 0.3 is 4.87 Å². The Morgan fingerprint density at radius 1 is 1.22 bits per heavy atom. The summed E-state index contributed by atoms with van der Waals surface area (Å²) in [6, 6.07) is 12.1. The Kier molecular flexibility index (Phi) is 6.71. The number of nitrogens with zero attached hydrogens (tertiary/aromatic N) is 2. The maximum absolute atomic E-state index is 12.9. The van der Waals surface area contributed by atoms with E-state index in [-0.39, 0.29) is 23.1 Å². The molecule has 2 aromatic carbocycles. The Bertz CT molecular complexity index is 1300. The topological polar surface area (TPSA) is 88.5 Å². The monoisotopic (exact) mass is 493 g/mol. The number of aryl methyl sites for hydroxylation is 1. The molecule has 1 fully saturated rings. The zero-order chi connectivity index (χ0) is 22.9. The molecule has 7 nitrogen and oxygen atoms in total. The summed E-state index contributed by atoms with van der Waals surface area (Å²) in [5, 5.41) is 3.45. The molecule has 0 spiro atoms. The zero-order valence-electron chi connectivity index (χ0n) is 17.6. The molecule has 1 N–H and O–H groups in total. The molecule has 1 unspecified atom stereocenters. The maximum Gasteiger partial charge on any atom is 0.308 e. The van der Waals surface area contributed by atoms with Gasteiger partial charge in [0.25, 0.3) is 0 Å². The highest BCUT2D eigenvalue weighted by atomic mass is 35.5. The van der Waals surface area contributed by atoms with Crippen LogP contribution in [-0.4, -0.2) is 36.3 Å². The van der Waals surface area contributed by atoms with Crippen molar-refractivity contribution in [2.24, 2.45) is 5.92 Å². The van der Waals surface area contributed by atoms with Gasteiger partial charge < -0.3 is 5.32 Å². The summed E-state index contributed by atoms with van der Waals surface area (Å²) in [7, 11) is -3.55. The van der Waals surface area contributed by atoms with E-state index in [0.717, 1.165) is 21.6 Å². The Morgan fingerprint density at radius 3 is 2.69 bits per heavy atom. The van der Waals surface area contributed by atoms with Gasteiger partial charge in [0.2, 0.25) is 15.9 Å². The van der Waals surface area contributed by atoms with Crippen molar-refractivity contribution < 1.29 is 13.2 Å². The van der Waals surface area contributed by atoms with E-state index < -0.39 is 15.9 Å². The molecule has 3 aromatic rings. The lowest BCUT2D eigenvalue weighted by molar-refractivity contribution is -0.120. The summed E-state index contributed by atoms with van der Waals surface area (Å²) in [6.45, 7) is 3.07. The number of fused-ring (bicyclic) bond motifs is 1. The zero-order valence-corrected chi connectivity index (χ0v) is 20.0. The third-order valence-electron chi connectivity index (χ3n) is 5.66. The second-order valence-corrected chi connectivity index (χ2v) is 11.3. The quantitative estimate of drug-likeness (QED) is 0.563. The first-order valence-electron chi connectivity index (χ1n) is 10.4. The Morgan fingerprint density at radius 2 is 1.97 bits per heavy atom. The van der Waals surface area contributed by atoms with Crippen molar-refractivity contribution in [1.29, 1.82) is 0 Å². The van der Waals surface area contributed by atoms with Crippen molar-refractivity contribution in [3.8, 4) is 0 Å². The van der Waals surface area contributed by atoms with Crippen molar-refractivity contribution in [2.45, 2.75) is 32.1 Å². The van der Waals surface area contributed by atoms with Gasteiger partial charge in [-0.3, -0.25) is 14.2 Å². The summed E-state index contributed by atoms with van der Waals surface area (Å²) < 4.78 is 29.7. The molecule has 1 aromatic heterocycles. The summed E-state index contributed by atoms with van der Waals surface area (Å²) in [4.78, 5) is 24.9. The number of carbonyl (C=O) groups excluding carboxylic acids is 1. The number of nitrogens with one attached hydrogen (secondary N) is 1. The molecule has 1 amide bonds. The second-order valence-electron chi connectivity index (χ2n) is 7.86. The molecule has 1 atom stereocenters. The largest absolute Gasteiger partial charge is 0.326 e. The van der Waals surface area contributed by atoms with Gasteiger partial charge in [0, 0.05) is 30.3 Å². The molecule has 170 valence electrons. The van der Waals surface area contributed by atoms with Crippen molar-refractivity contribution in [1.82, 2.24) is 8.87 Å². The van der Waals surface area contributed by atoms with E-state index in [9.17, 15) is 18.0 Å². The van der Waals surface area contributed by atoms with Crippen LogP contribution in [0.5, 0.6) is 0 Å². The second kappa shape index (κ2) is 9.35. The summed E-state index contributed by atoms with van der Waals surface area (Å²) >= 11 is 7.03.